The minimum absolute atomic E-state index is 0.0831. The Bertz CT molecular complexity index is 611. The molecular weight excluding hydrogens is 292 g/mol. The van der Waals surface area contributed by atoms with Crippen LogP contribution in [-0.4, -0.2) is 47.4 Å². The molecule has 2 aliphatic rings. The first-order valence-electron chi connectivity index (χ1n) is 7.89. The lowest BCUT2D eigenvalue weighted by Crippen LogP contribution is -2.54. The van der Waals surface area contributed by atoms with Gasteiger partial charge < -0.3 is 4.90 Å². The van der Waals surface area contributed by atoms with Crippen LogP contribution in [0, 0.1) is 0 Å². The summed E-state index contributed by atoms with van der Waals surface area (Å²) in [5.74, 6) is 0.0831. The zero-order valence-electron chi connectivity index (χ0n) is 13.8. The highest BCUT2D eigenvalue weighted by atomic mass is 16.2. The van der Waals surface area contributed by atoms with Crippen LogP contribution in [0.2, 0.25) is 0 Å². The van der Waals surface area contributed by atoms with Crippen LogP contribution in [0.4, 0.5) is 0 Å². The van der Waals surface area contributed by atoms with Crippen LogP contribution in [0.3, 0.4) is 0 Å². The van der Waals surface area contributed by atoms with E-state index in [1.165, 1.54) is 0 Å². The number of piperazine rings is 1. The van der Waals surface area contributed by atoms with Gasteiger partial charge >= 0.3 is 0 Å². The Balaban J connectivity index is 1.62. The van der Waals surface area contributed by atoms with E-state index in [9.17, 15) is 4.79 Å². The molecule has 0 aliphatic carbocycles. The summed E-state index contributed by atoms with van der Waals surface area (Å²) in [4.78, 5) is 16.9. The van der Waals surface area contributed by atoms with Crippen molar-refractivity contribution < 1.29 is 4.79 Å². The summed E-state index contributed by atoms with van der Waals surface area (Å²) < 4.78 is 0. The Hall–Kier alpha value is -2.15. The van der Waals surface area contributed by atoms with E-state index < -0.39 is 0 Å². The van der Waals surface area contributed by atoms with Gasteiger partial charge in [-0.2, -0.15) is 0 Å². The van der Waals surface area contributed by atoms with E-state index in [4.69, 9.17) is 0 Å². The highest BCUT2D eigenvalue weighted by Gasteiger charge is 2.28. The van der Waals surface area contributed by atoms with Crippen molar-refractivity contribution in [3.05, 3.63) is 35.4 Å². The molecule has 0 saturated carbocycles. The lowest BCUT2D eigenvalue weighted by atomic mass is 10.0. The largest absolute Gasteiger partial charge is 0.336 e. The molecule has 0 unspecified atom stereocenters. The molecule has 7 heteroatoms. The molecule has 0 aromatic heterocycles. The lowest BCUT2D eigenvalue weighted by molar-refractivity contribution is 0.0451. The van der Waals surface area contributed by atoms with Gasteiger partial charge in [0.25, 0.3) is 5.91 Å². The summed E-state index contributed by atoms with van der Waals surface area (Å²) in [6, 6.07) is 7.40. The summed E-state index contributed by atoms with van der Waals surface area (Å²) in [5.41, 5.74) is 1.75. The van der Waals surface area contributed by atoms with E-state index in [1.54, 1.807) is 0 Å². The number of nitrogens with zero attached hydrogens (tertiary/aromatic N) is 6. The Morgan fingerprint density at radius 1 is 1.00 bits per heavy atom. The van der Waals surface area contributed by atoms with E-state index in [-0.39, 0.29) is 17.6 Å². The number of rotatable bonds is 2. The Morgan fingerprint density at radius 2 is 1.57 bits per heavy atom. The van der Waals surface area contributed by atoms with Gasteiger partial charge in [-0.15, -0.1) is 10.2 Å². The maximum atomic E-state index is 12.6. The molecule has 3 rings (SSSR count). The third-order valence-corrected chi connectivity index (χ3v) is 4.33. The molecule has 2 heterocycles. The monoisotopic (exact) mass is 314 g/mol. The van der Waals surface area contributed by atoms with E-state index in [2.05, 4.69) is 46.3 Å². The molecular formula is C16H22N6O. The predicted octanol–water partition coefficient (Wildman–Crippen LogP) is 3.07. The maximum absolute atomic E-state index is 12.6. The van der Waals surface area contributed by atoms with Crippen molar-refractivity contribution in [1.29, 1.82) is 0 Å². The van der Waals surface area contributed by atoms with Crippen LogP contribution in [0.1, 0.15) is 42.9 Å². The summed E-state index contributed by atoms with van der Waals surface area (Å²) in [6.07, 6.45) is -0.366. The van der Waals surface area contributed by atoms with Crippen LogP contribution in [0.5, 0.6) is 0 Å². The molecule has 1 aromatic rings. The second kappa shape index (κ2) is 6.16. The molecule has 1 fully saturated rings. The van der Waals surface area contributed by atoms with Crippen molar-refractivity contribution in [1.82, 2.24) is 9.80 Å². The number of carbonyl (C=O) groups excluding carboxylic acids is 1. The van der Waals surface area contributed by atoms with E-state index >= 15 is 0 Å². The first kappa shape index (κ1) is 15.7. The summed E-state index contributed by atoms with van der Waals surface area (Å²) in [7, 11) is 0. The Morgan fingerprint density at radius 3 is 2.09 bits per heavy atom. The number of hydrogen-bond acceptors (Lipinski definition) is 6. The van der Waals surface area contributed by atoms with Gasteiger partial charge in [0.05, 0.1) is 0 Å². The van der Waals surface area contributed by atoms with Crippen molar-refractivity contribution in [3.8, 4) is 0 Å². The van der Waals surface area contributed by atoms with Crippen LogP contribution < -0.4 is 0 Å². The molecule has 0 bridgehead atoms. The average molecular weight is 314 g/mol. The molecule has 0 atom stereocenters. The highest BCUT2D eigenvalue weighted by Crippen LogP contribution is 2.24. The predicted molar refractivity (Wildman–Crippen MR) is 86.1 cm³/mol. The van der Waals surface area contributed by atoms with Gasteiger partial charge in [-0.1, -0.05) is 12.1 Å². The van der Waals surface area contributed by atoms with Gasteiger partial charge in [0.2, 0.25) is 6.17 Å². The molecule has 1 saturated heterocycles. The van der Waals surface area contributed by atoms with E-state index in [0.717, 1.165) is 31.7 Å². The molecule has 2 aliphatic heterocycles. The van der Waals surface area contributed by atoms with E-state index in [1.807, 2.05) is 29.2 Å². The zero-order valence-corrected chi connectivity index (χ0v) is 13.8. The van der Waals surface area contributed by atoms with Gasteiger partial charge in [-0.3, -0.25) is 9.69 Å². The van der Waals surface area contributed by atoms with Gasteiger partial charge in [-0.25, -0.2) is 0 Å². The smallest absolute Gasteiger partial charge is 0.253 e. The van der Waals surface area contributed by atoms with Crippen molar-refractivity contribution >= 4 is 5.91 Å². The molecule has 7 nitrogen and oxygen atoms in total. The quantitative estimate of drug-likeness (QED) is 0.841. The highest BCUT2D eigenvalue weighted by molar-refractivity contribution is 5.94. The fraction of sp³-hybridized carbons (Fsp3) is 0.562. The van der Waals surface area contributed by atoms with Gasteiger partial charge in [0.1, 0.15) is 0 Å². The fourth-order valence-corrected chi connectivity index (χ4v) is 2.86. The topological polar surface area (TPSA) is 73.0 Å². The molecule has 0 N–H and O–H groups in total. The molecule has 1 aromatic carbocycles. The summed E-state index contributed by atoms with van der Waals surface area (Å²) in [6.45, 7) is 9.99. The van der Waals surface area contributed by atoms with Crippen molar-refractivity contribution in [3.63, 3.8) is 0 Å². The van der Waals surface area contributed by atoms with Gasteiger partial charge in [0, 0.05) is 42.8 Å². The second-order valence-electron chi connectivity index (χ2n) is 6.86. The number of amides is 1. The molecule has 0 spiro atoms. The Labute approximate surface area is 136 Å². The number of carbonyl (C=O) groups is 1. The van der Waals surface area contributed by atoms with Gasteiger partial charge in [0.15, 0.2) is 0 Å². The van der Waals surface area contributed by atoms with Crippen LogP contribution in [-0.2, 0) is 0 Å². The van der Waals surface area contributed by atoms with Crippen molar-refractivity contribution in [2.45, 2.75) is 32.5 Å². The minimum Gasteiger partial charge on any atom is -0.336 e. The zero-order chi connectivity index (χ0) is 16.4. The summed E-state index contributed by atoms with van der Waals surface area (Å²) >= 11 is 0. The standard InChI is InChI=1S/C16H22N6O/c1-16(2,3)22-10-8-21(9-11-22)15(23)13-6-4-12(5-7-13)14-17-19-20-18-14/h4-7,14H,8-11H2,1-3H3. The SMILES string of the molecule is CC(C)(C)N1CCN(C(=O)c2ccc(C3N=NN=N3)cc2)CC1. The van der Waals surface area contributed by atoms with Crippen LogP contribution in [0.25, 0.3) is 0 Å². The van der Waals surface area contributed by atoms with E-state index in [0.29, 0.717) is 5.56 Å². The lowest BCUT2D eigenvalue weighted by Gasteiger charge is -2.42. The normalized spacial score (nSPS) is 19.5. The third-order valence-electron chi connectivity index (χ3n) is 4.33. The number of hydrogen-bond donors (Lipinski definition) is 0. The molecule has 23 heavy (non-hydrogen) atoms. The number of benzene rings is 1. The van der Waals surface area contributed by atoms with Crippen molar-refractivity contribution in [2.24, 2.45) is 20.7 Å². The second-order valence-corrected chi connectivity index (χ2v) is 6.86. The maximum Gasteiger partial charge on any atom is 0.253 e. The Kier molecular flexibility index (Phi) is 4.21. The fourth-order valence-electron chi connectivity index (χ4n) is 2.86. The molecule has 1 amide bonds. The molecule has 0 radical (unpaired) electrons. The summed E-state index contributed by atoms with van der Waals surface area (Å²) in [5, 5.41) is 14.8. The van der Waals surface area contributed by atoms with Gasteiger partial charge in [-0.05, 0) is 43.4 Å². The molecule has 122 valence electrons. The third kappa shape index (κ3) is 3.44. The average Bonchev–Trinajstić information content (AvgIpc) is 3.08. The minimum atomic E-state index is -0.366. The first-order valence-corrected chi connectivity index (χ1v) is 7.89. The first-order chi connectivity index (χ1) is 10.9. The van der Waals surface area contributed by atoms with Crippen LogP contribution >= 0.6 is 0 Å². The van der Waals surface area contributed by atoms with Crippen LogP contribution in [0.15, 0.2) is 44.9 Å². The van der Waals surface area contributed by atoms with Crippen molar-refractivity contribution in [2.75, 3.05) is 26.2 Å².